The Labute approximate surface area is 265 Å². The first-order chi connectivity index (χ1) is 20.3. The molecule has 0 radical (unpaired) electrons. The molecule has 1 heterocycles. The summed E-state index contributed by atoms with van der Waals surface area (Å²) >= 11 is 6.80. The lowest BCUT2D eigenvalue weighted by Gasteiger charge is -2.24. The van der Waals surface area contributed by atoms with E-state index in [0.717, 1.165) is 47.5 Å². The highest BCUT2D eigenvalue weighted by Gasteiger charge is 2.50. The van der Waals surface area contributed by atoms with Crippen LogP contribution in [-0.4, -0.2) is 36.2 Å². The van der Waals surface area contributed by atoms with Gasteiger partial charge in [-0.15, -0.1) is 0 Å². The zero-order valence-corrected chi connectivity index (χ0v) is 27.1. The maximum atomic E-state index is 13.1. The zero-order chi connectivity index (χ0) is 29.9. The molecule has 0 aromatic heterocycles. The molecule has 4 rings (SSSR count). The van der Waals surface area contributed by atoms with Crippen molar-refractivity contribution in [2.75, 3.05) is 0 Å². The van der Waals surface area contributed by atoms with Crippen molar-refractivity contribution < 1.29 is 28.6 Å². The Balaban J connectivity index is 1.50. The molecule has 8 heteroatoms. The lowest BCUT2D eigenvalue weighted by atomic mass is 10.0. The second-order valence-electron chi connectivity index (χ2n) is 10.9. The monoisotopic (exact) mass is 700 g/mol. The first kappa shape index (κ1) is 32.2. The SMILES string of the molecule is CCCCC/C=C\C[C@@H](/C=C/[C@@H](OC(=O)c1ccc(Br)cc1)[C@H]1C[C@@H]1[C@H]1CCCC(=O)O1)OC(=O)c1ccc(Br)cc1. The van der Waals surface area contributed by atoms with E-state index in [4.69, 9.17) is 14.2 Å². The number of hydrogen-bond donors (Lipinski definition) is 0. The van der Waals surface area contributed by atoms with E-state index in [-0.39, 0.29) is 23.9 Å². The Hall–Kier alpha value is -2.71. The van der Waals surface area contributed by atoms with Crippen molar-refractivity contribution in [3.8, 4) is 0 Å². The fourth-order valence-corrected chi connectivity index (χ4v) is 5.70. The minimum atomic E-state index is -0.547. The van der Waals surface area contributed by atoms with E-state index in [2.05, 4.69) is 44.9 Å². The maximum absolute atomic E-state index is 13.1. The topological polar surface area (TPSA) is 78.9 Å². The summed E-state index contributed by atoms with van der Waals surface area (Å²) in [5.74, 6) is -0.865. The van der Waals surface area contributed by atoms with Crippen LogP contribution in [0, 0.1) is 11.8 Å². The minimum absolute atomic E-state index is 0.0176. The van der Waals surface area contributed by atoms with Crippen LogP contribution in [-0.2, 0) is 19.0 Å². The van der Waals surface area contributed by atoms with Crippen LogP contribution >= 0.6 is 31.9 Å². The number of cyclic esters (lactones) is 1. The highest BCUT2D eigenvalue weighted by molar-refractivity contribution is 9.10. The second-order valence-corrected chi connectivity index (χ2v) is 12.7. The Morgan fingerprint density at radius 1 is 0.929 bits per heavy atom. The Morgan fingerprint density at radius 2 is 1.57 bits per heavy atom. The fourth-order valence-electron chi connectivity index (χ4n) is 5.17. The van der Waals surface area contributed by atoms with Crippen molar-refractivity contribution in [2.45, 2.75) is 83.0 Å². The van der Waals surface area contributed by atoms with Crippen molar-refractivity contribution in [1.82, 2.24) is 0 Å². The standard InChI is InChI=1S/C34H38Br2O6/c1-2-3-4-5-6-7-9-27(40-33(38)23-12-16-25(35)17-13-23)20-21-31(42-34(39)24-14-18-26(36)19-15-24)29-22-28(29)30-10-8-11-32(37)41-30/h6-7,12-21,27-31H,2-5,8-11,22H2,1H3/b7-6-,21-20+/t27-,28-,29-,30+,31+/m0/s1. The number of carbonyl (C=O) groups excluding carboxylic acids is 3. The molecule has 5 atom stereocenters. The van der Waals surface area contributed by atoms with Crippen molar-refractivity contribution in [3.05, 3.63) is 92.9 Å². The summed E-state index contributed by atoms with van der Waals surface area (Å²) in [4.78, 5) is 38.0. The highest BCUT2D eigenvalue weighted by atomic mass is 79.9. The van der Waals surface area contributed by atoms with Gasteiger partial charge in [0.25, 0.3) is 0 Å². The van der Waals surface area contributed by atoms with Gasteiger partial charge in [-0.05, 0) is 92.8 Å². The summed E-state index contributed by atoms with van der Waals surface area (Å²) in [7, 11) is 0. The number of benzene rings is 2. The smallest absolute Gasteiger partial charge is 0.338 e. The first-order valence-corrected chi connectivity index (χ1v) is 16.4. The van der Waals surface area contributed by atoms with Crippen LogP contribution in [0.3, 0.4) is 0 Å². The number of ether oxygens (including phenoxy) is 3. The largest absolute Gasteiger partial charge is 0.462 e. The van der Waals surface area contributed by atoms with Gasteiger partial charge in [0, 0.05) is 33.6 Å². The lowest BCUT2D eigenvalue weighted by Crippen LogP contribution is -2.28. The van der Waals surface area contributed by atoms with Crippen molar-refractivity contribution in [2.24, 2.45) is 11.8 Å². The molecule has 1 aliphatic carbocycles. The average molecular weight is 702 g/mol. The van der Waals surface area contributed by atoms with Crippen LogP contribution in [0.4, 0.5) is 0 Å². The number of halogens is 2. The van der Waals surface area contributed by atoms with Crippen molar-refractivity contribution in [3.63, 3.8) is 0 Å². The van der Waals surface area contributed by atoms with Crippen LogP contribution < -0.4 is 0 Å². The Bertz CT molecular complexity index is 1250. The Morgan fingerprint density at radius 3 is 2.19 bits per heavy atom. The van der Waals surface area contributed by atoms with Gasteiger partial charge in [-0.25, -0.2) is 9.59 Å². The van der Waals surface area contributed by atoms with E-state index in [0.29, 0.717) is 24.0 Å². The van der Waals surface area contributed by atoms with Crippen LogP contribution in [0.5, 0.6) is 0 Å². The molecule has 224 valence electrons. The highest BCUT2D eigenvalue weighted by Crippen LogP contribution is 2.48. The second kappa shape index (κ2) is 16.2. The van der Waals surface area contributed by atoms with E-state index >= 15 is 0 Å². The molecule has 0 unspecified atom stereocenters. The third kappa shape index (κ3) is 9.94. The van der Waals surface area contributed by atoms with E-state index in [1.165, 1.54) is 6.42 Å². The number of rotatable bonds is 14. The molecule has 2 fully saturated rings. The van der Waals surface area contributed by atoms with E-state index < -0.39 is 24.1 Å². The van der Waals surface area contributed by atoms with Gasteiger partial charge in [0.1, 0.15) is 18.3 Å². The van der Waals surface area contributed by atoms with Crippen LogP contribution in [0.15, 0.2) is 81.8 Å². The van der Waals surface area contributed by atoms with Gasteiger partial charge in [-0.3, -0.25) is 4.79 Å². The van der Waals surface area contributed by atoms with Crippen LogP contribution in [0.25, 0.3) is 0 Å². The summed E-state index contributed by atoms with van der Waals surface area (Å²) in [5.41, 5.74) is 0.911. The predicted octanol–water partition coefficient (Wildman–Crippen LogP) is 8.78. The number of carbonyl (C=O) groups is 3. The molecular weight excluding hydrogens is 664 g/mol. The lowest BCUT2D eigenvalue weighted by molar-refractivity contribution is -0.155. The molecule has 1 saturated carbocycles. The molecule has 2 aromatic carbocycles. The molecule has 0 spiro atoms. The van der Waals surface area contributed by atoms with Gasteiger partial charge in [-0.2, -0.15) is 0 Å². The quantitative estimate of drug-likeness (QED) is 0.0848. The minimum Gasteiger partial charge on any atom is -0.462 e. The summed E-state index contributed by atoms with van der Waals surface area (Å²) in [6, 6.07) is 14.1. The van der Waals surface area contributed by atoms with Crippen LogP contribution in [0.2, 0.25) is 0 Å². The van der Waals surface area contributed by atoms with E-state index in [1.807, 2.05) is 18.2 Å². The number of allylic oxidation sites excluding steroid dienone is 1. The zero-order valence-electron chi connectivity index (χ0n) is 23.9. The fraction of sp³-hybridized carbons (Fsp3) is 0.441. The number of esters is 3. The van der Waals surface area contributed by atoms with Crippen LogP contribution in [0.1, 0.15) is 85.4 Å². The molecule has 0 bridgehead atoms. The van der Waals surface area contributed by atoms with Gasteiger partial charge in [0.15, 0.2) is 0 Å². The van der Waals surface area contributed by atoms with Crippen molar-refractivity contribution >= 4 is 49.8 Å². The van der Waals surface area contributed by atoms with E-state index in [9.17, 15) is 14.4 Å². The summed E-state index contributed by atoms with van der Waals surface area (Å²) in [6.07, 6.45) is 14.4. The molecule has 1 aliphatic heterocycles. The average Bonchev–Trinajstić information content (AvgIpc) is 3.78. The molecule has 1 saturated heterocycles. The molecular formula is C34H38Br2O6. The summed E-state index contributed by atoms with van der Waals surface area (Å²) in [6.45, 7) is 2.18. The number of hydrogen-bond acceptors (Lipinski definition) is 6. The summed E-state index contributed by atoms with van der Waals surface area (Å²) in [5, 5.41) is 0. The van der Waals surface area contributed by atoms with Gasteiger partial charge in [0.2, 0.25) is 0 Å². The number of unbranched alkanes of at least 4 members (excludes halogenated alkanes) is 3. The molecule has 0 N–H and O–H groups in total. The summed E-state index contributed by atoms with van der Waals surface area (Å²) < 4.78 is 19.3. The predicted molar refractivity (Wildman–Crippen MR) is 169 cm³/mol. The third-order valence-electron chi connectivity index (χ3n) is 7.63. The Kier molecular flexibility index (Phi) is 12.4. The van der Waals surface area contributed by atoms with E-state index in [1.54, 1.807) is 48.5 Å². The molecule has 42 heavy (non-hydrogen) atoms. The van der Waals surface area contributed by atoms with Gasteiger partial charge in [0.05, 0.1) is 11.1 Å². The van der Waals surface area contributed by atoms with Gasteiger partial charge in [-0.1, -0.05) is 63.8 Å². The molecule has 6 nitrogen and oxygen atoms in total. The van der Waals surface area contributed by atoms with Crippen molar-refractivity contribution in [1.29, 1.82) is 0 Å². The molecule has 2 aliphatic rings. The van der Waals surface area contributed by atoms with Gasteiger partial charge < -0.3 is 14.2 Å². The first-order valence-electron chi connectivity index (χ1n) is 14.8. The normalized spacial score (nSPS) is 21.6. The maximum Gasteiger partial charge on any atom is 0.338 e. The van der Waals surface area contributed by atoms with Gasteiger partial charge >= 0.3 is 17.9 Å². The third-order valence-corrected chi connectivity index (χ3v) is 8.69. The molecule has 2 aromatic rings. The molecule has 0 amide bonds.